The molecule has 1 amide bonds. The second kappa shape index (κ2) is 7.94. The smallest absolute Gasteiger partial charge is 0.415 e. The number of imidazole rings is 1. The van der Waals surface area contributed by atoms with Crippen molar-refractivity contribution in [2.24, 2.45) is 7.05 Å². The van der Waals surface area contributed by atoms with E-state index in [1.807, 2.05) is 63.6 Å². The number of aromatic nitrogens is 4. The average molecular weight is 436 g/mol. The summed E-state index contributed by atoms with van der Waals surface area (Å²) >= 11 is 0. The van der Waals surface area contributed by atoms with E-state index in [4.69, 9.17) is 9.72 Å². The van der Waals surface area contributed by atoms with Gasteiger partial charge in [-0.25, -0.2) is 14.8 Å². The first kappa shape index (κ1) is 21.8. The summed E-state index contributed by atoms with van der Waals surface area (Å²) in [5.74, 6) is 0.480. The highest BCUT2D eigenvalue weighted by Gasteiger charge is 2.25. The first-order chi connectivity index (χ1) is 15.1. The molecule has 1 aromatic carbocycles. The number of carbonyl (C=O) groups excluding carboxylic acids is 1. The number of nitrogens with zero attached hydrogens (tertiary/aromatic N) is 4. The molecule has 0 saturated heterocycles. The molecule has 0 saturated carbocycles. The fraction of sp³-hybridized carbons (Fsp3) is 0.375. The fourth-order valence-electron chi connectivity index (χ4n) is 3.71. The Kier molecular flexibility index (Phi) is 5.42. The summed E-state index contributed by atoms with van der Waals surface area (Å²) in [7, 11) is 3.56. The zero-order valence-electron chi connectivity index (χ0n) is 19.3. The van der Waals surface area contributed by atoms with Crippen LogP contribution in [0.4, 0.5) is 10.6 Å². The number of hydrogen-bond acceptors (Lipinski definition) is 5. The third-order valence-electron chi connectivity index (χ3n) is 5.44. The molecule has 0 bridgehead atoms. The van der Waals surface area contributed by atoms with Crippen LogP contribution in [0, 0.1) is 0 Å². The summed E-state index contributed by atoms with van der Waals surface area (Å²) in [6.07, 6.45) is 1.22. The number of H-pyrrole nitrogens is 1. The quantitative estimate of drug-likeness (QED) is 0.489. The van der Waals surface area contributed by atoms with Crippen molar-refractivity contribution in [3.63, 3.8) is 0 Å². The normalized spacial score (nSPS) is 13.0. The van der Waals surface area contributed by atoms with E-state index in [0.29, 0.717) is 17.0 Å². The van der Waals surface area contributed by atoms with Crippen LogP contribution in [0.3, 0.4) is 0 Å². The lowest BCUT2D eigenvalue weighted by atomic mass is 9.99. The zero-order chi connectivity index (χ0) is 23.2. The number of aryl methyl sites for hydroxylation is 1. The first-order valence-corrected chi connectivity index (χ1v) is 10.6. The summed E-state index contributed by atoms with van der Waals surface area (Å²) < 4.78 is 7.45. The maximum Gasteiger partial charge on any atom is 0.415 e. The minimum atomic E-state index is -0.616. The Bertz CT molecular complexity index is 1300. The van der Waals surface area contributed by atoms with Gasteiger partial charge in [0.2, 0.25) is 0 Å². The SMILES string of the molecule is C[C@@H](CO)c1cccc(-c2cc3c(nc(N(C)C(=O)OC(C)(C)C)c4ncn(C)c43)[nH]2)c1. The minimum Gasteiger partial charge on any atom is -0.443 e. The Balaban J connectivity index is 1.85. The third-order valence-corrected chi connectivity index (χ3v) is 5.44. The Morgan fingerprint density at radius 1 is 1.31 bits per heavy atom. The van der Waals surface area contributed by atoms with Crippen LogP contribution in [0.1, 0.15) is 39.2 Å². The van der Waals surface area contributed by atoms with Crippen LogP contribution in [0.2, 0.25) is 0 Å². The number of rotatable bonds is 4. The van der Waals surface area contributed by atoms with E-state index in [-0.39, 0.29) is 12.5 Å². The molecule has 32 heavy (non-hydrogen) atoms. The van der Waals surface area contributed by atoms with Gasteiger partial charge in [0.15, 0.2) is 5.82 Å². The van der Waals surface area contributed by atoms with E-state index in [9.17, 15) is 9.90 Å². The van der Waals surface area contributed by atoms with Crippen molar-refractivity contribution in [3.05, 3.63) is 42.2 Å². The largest absolute Gasteiger partial charge is 0.443 e. The van der Waals surface area contributed by atoms with Crippen LogP contribution in [-0.4, -0.2) is 50.0 Å². The fourth-order valence-corrected chi connectivity index (χ4v) is 3.71. The second-order valence-electron chi connectivity index (χ2n) is 9.18. The molecule has 8 heteroatoms. The Morgan fingerprint density at radius 2 is 2.06 bits per heavy atom. The predicted octanol–water partition coefficient (Wildman–Crippen LogP) is 4.58. The molecule has 4 aromatic rings. The number of benzene rings is 1. The van der Waals surface area contributed by atoms with Crippen LogP contribution in [-0.2, 0) is 11.8 Å². The summed E-state index contributed by atoms with van der Waals surface area (Å²) in [6.45, 7) is 7.57. The standard InChI is InChI=1S/C24H29N5O3/c1-14(12-30)15-8-7-9-16(10-15)18-11-17-20-19(25-13-28(20)5)22(27-21(17)26-18)29(6)23(31)32-24(2,3)4/h7-11,13-14,30H,12H2,1-6H3,(H,26,27)/t14-/m0/s1. The molecular formula is C24H29N5O3. The lowest BCUT2D eigenvalue weighted by Crippen LogP contribution is -2.34. The average Bonchev–Trinajstić information content (AvgIpc) is 3.34. The lowest BCUT2D eigenvalue weighted by molar-refractivity contribution is 0.0588. The van der Waals surface area contributed by atoms with Crippen LogP contribution in [0.25, 0.3) is 33.3 Å². The van der Waals surface area contributed by atoms with E-state index < -0.39 is 11.7 Å². The van der Waals surface area contributed by atoms with E-state index in [1.54, 1.807) is 13.4 Å². The van der Waals surface area contributed by atoms with E-state index in [1.165, 1.54) is 4.90 Å². The van der Waals surface area contributed by atoms with Crippen molar-refractivity contribution >= 4 is 34.0 Å². The van der Waals surface area contributed by atoms with E-state index in [0.717, 1.165) is 27.7 Å². The predicted molar refractivity (Wildman–Crippen MR) is 126 cm³/mol. The first-order valence-electron chi connectivity index (χ1n) is 10.6. The number of anilines is 1. The molecule has 168 valence electrons. The Labute approximate surface area is 186 Å². The highest BCUT2D eigenvalue weighted by atomic mass is 16.6. The van der Waals surface area contributed by atoms with Gasteiger partial charge in [0.1, 0.15) is 16.8 Å². The van der Waals surface area contributed by atoms with Gasteiger partial charge in [0.05, 0.1) is 11.8 Å². The highest BCUT2D eigenvalue weighted by molar-refractivity contribution is 6.09. The Morgan fingerprint density at radius 3 is 2.75 bits per heavy atom. The van der Waals surface area contributed by atoms with Crippen molar-refractivity contribution in [2.75, 3.05) is 18.6 Å². The number of fused-ring (bicyclic) bond motifs is 3. The number of pyridine rings is 1. The highest BCUT2D eigenvalue weighted by Crippen LogP contribution is 2.34. The third kappa shape index (κ3) is 3.93. The summed E-state index contributed by atoms with van der Waals surface area (Å²) in [5, 5.41) is 10.4. The lowest BCUT2D eigenvalue weighted by Gasteiger charge is -2.24. The van der Waals surface area contributed by atoms with Gasteiger partial charge in [-0.05, 0) is 44.0 Å². The van der Waals surface area contributed by atoms with Gasteiger partial charge >= 0.3 is 6.09 Å². The molecule has 3 heterocycles. The number of carbonyl (C=O) groups is 1. The van der Waals surface area contributed by atoms with Crippen molar-refractivity contribution < 1.29 is 14.6 Å². The van der Waals surface area contributed by atoms with Gasteiger partial charge in [-0.15, -0.1) is 0 Å². The summed E-state index contributed by atoms with van der Waals surface area (Å²) in [4.78, 5) is 26.7. The number of aromatic amines is 1. The second-order valence-corrected chi connectivity index (χ2v) is 9.18. The van der Waals surface area contributed by atoms with E-state index in [2.05, 4.69) is 16.0 Å². The molecule has 1 atom stereocenters. The van der Waals surface area contributed by atoms with Crippen molar-refractivity contribution in [2.45, 2.75) is 39.2 Å². The molecule has 2 N–H and O–H groups in total. The maximum absolute atomic E-state index is 12.7. The van der Waals surface area contributed by atoms with Gasteiger partial charge in [-0.2, -0.15) is 0 Å². The van der Waals surface area contributed by atoms with Gasteiger partial charge in [-0.1, -0.05) is 25.1 Å². The Hall–Kier alpha value is -3.39. The number of ether oxygens (including phenoxy) is 1. The maximum atomic E-state index is 12.7. The van der Waals surface area contributed by atoms with Gasteiger partial charge < -0.3 is 19.4 Å². The molecule has 4 rings (SSSR count). The number of hydrogen-bond donors (Lipinski definition) is 2. The molecule has 0 unspecified atom stereocenters. The minimum absolute atomic E-state index is 0.0512. The molecule has 0 spiro atoms. The van der Waals surface area contributed by atoms with E-state index >= 15 is 0 Å². The molecule has 8 nitrogen and oxygen atoms in total. The number of aliphatic hydroxyl groups excluding tert-OH is 1. The van der Waals surface area contributed by atoms with Crippen LogP contribution in [0.5, 0.6) is 0 Å². The summed E-state index contributed by atoms with van der Waals surface area (Å²) in [6, 6.07) is 10.1. The summed E-state index contributed by atoms with van der Waals surface area (Å²) in [5.41, 5.74) is 4.51. The van der Waals surface area contributed by atoms with Crippen LogP contribution >= 0.6 is 0 Å². The number of nitrogens with one attached hydrogen (secondary N) is 1. The van der Waals surface area contributed by atoms with Crippen molar-refractivity contribution in [1.29, 1.82) is 0 Å². The zero-order valence-corrected chi connectivity index (χ0v) is 19.3. The molecule has 0 aliphatic carbocycles. The number of aliphatic hydroxyl groups is 1. The van der Waals surface area contributed by atoms with Crippen LogP contribution < -0.4 is 4.90 Å². The van der Waals surface area contributed by atoms with Gasteiger partial charge in [0, 0.05) is 37.7 Å². The monoisotopic (exact) mass is 435 g/mol. The van der Waals surface area contributed by atoms with Gasteiger partial charge in [0.25, 0.3) is 0 Å². The molecule has 0 aliphatic rings. The number of amides is 1. The van der Waals surface area contributed by atoms with Gasteiger partial charge in [-0.3, -0.25) is 4.90 Å². The topological polar surface area (TPSA) is 96.3 Å². The van der Waals surface area contributed by atoms with Crippen molar-refractivity contribution in [1.82, 2.24) is 19.5 Å². The molecule has 3 aromatic heterocycles. The van der Waals surface area contributed by atoms with Crippen LogP contribution in [0.15, 0.2) is 36.7 Å². The van der Waals surface area contributed by atoms with Crippen molar-refractivity contribution in [3.8, 4) is 11.3 Å². The molecule has 0 radical (unpaired) electrons. The molecule has 0 aliphatic heterocycles. The molecule has 0 fully saturated rings. The molecular weight excluding hydrogens is 406 g/mol.